The van der Waals surface area contributed by atoms with Gasteiger partial charge in [0.1, 0.15) is 5.75 Å². The number of halogens is 3. The number of aromatic nitrogens is 1. The molecule has 4 aliphatic rings. The second-order valence-electron chi connectivity index (χ2n) is 10.1. The molecule has 6 nitrogen and oxygen atoms in total. The summed E-state index contributed by atoms with van der Waals surface area (Å²) in [6, 6.07) is 11.2. The van der Waals surface area contributed by atoms with Crippen LogP contribution in [0.3, 0.4) is 0 Å². The van der Waals surface area contributed by atoms with Crippen LogP contribution in [0.25, 0.3) is 0 Å². The molecule has 2 amide bonds. The van der Waals surface area contributed by atoms with Crippen LogP contribution in [0.1, 0.15) is 28.3 Å². The molecule has 0 radical (unpaired) electrons. The van der Waals surface area contributed by atoms with Gasteiger partial charge in [-0.1, -0.05) is 29.5 Å². The van der Waals surface area contributed by atoms with Gasteiger partial charge < -0.3 is 10.1 Å². The molecule has 1 saturated heterocycles. The van der Waals surface area contributed by atoms with E-state index < -0.39 is 35.4 Å². The SMILES string of the molecule is O=C1[C@@H]2[C@H]3C[C@@H]([C@@H]2C(=O)N1c1cccc(C(F)(F)F)c1)[C@@H]1[C@H](c2ccc(O)cc2)c2sc(=O)[nH]c2S[C@@H]31. The topological polar surface area (TPSA) is 90.5 Å². The fraction of sp³-hybridized carbons (Fsp3) is 0.346. The lowest BCUT2D eigenvalue weighted by atomic mass is 9.68. The van der Waals surface area contributed by atoms with E-state index >= 15 is 0 Å². The van der Waals surface area contributed by atoms with Crippen LogP contribution in [-0.4, -0.2) is 27.2 Å². The van der Waals surface area contributed by atoms with E-state index in [0.717, 1.165) is 43.8 Å². The second kappa shape index (κ2) is 7.73. The molecule has 3 heterocycles. The molecule has 37 heavy (non-hydrogen) atoms. The zero-order valence-electron chi connectivity index (χ0n) is 18.9. The van der Waals surface area contributed by atoms with E-state index in [1.807, 2.05) is 12.1 Å². The number of rotatable bonds is 2. The Hall–Kier alpha value is -3.05. The van der Waals surface area contributed by atoms with Gasteiger partial charge >= 0.3 is 11.0 Å². The molecular formula is C26H19F3N2O4S2. The van der Waals surface area contributed by atoms with Crippen LogP contribution in [0.5, 0.6) is 5.75 Å². The summed E-state index contributed by atoms with van der Waals surface area (Å²) in [4.78, 5) is 44.2. The Morgan fingerprint density at radius 3 is 2.38 bits per heavy atom. The second-order valence-corrected chi connectivity index (χ2v) is 12.3. The van der Waals surface area contributed by atoms with Crippen LogP contribution in [0, 0.1) is 29.6 Å². The molecule has 2 N–H and O–H groups in total. The molecule has 1 aromatic heterocycles. The first-order valence-electron chi connectivity index (χ1n) is 11.9. The number of aromatic hydroxyl groups is 1. The van der Waals surface area contributed by atoms with Crippen LogP contribution in [0.4, 0.5) is 18.9 Å². The minimum atomic E-state index is -4.59. The number of carbonyl (C=O) groups excluding carboxylic acids is 2. The number of imide groups is 1. The molecule has 0 spiro atoms. The smallest absolute Gasteiger partial charge is 0.416 e. The van der Waals surface area contributed by atoms with Crippen LogP contribution in [0.2, 0.25) is 0 Å². The number of carbonyl (C=O) groups is 2. The molecular weight excluding hydrogens is 525 g/mol. The number of phenolic OH excluding ortho intramolecular Hbond substituents is 1. The fourth-order valence-electron chi connectivity index (χ4n) is 7.15. The molecule has 2 saturated carbocycles. The predicted octanol–water partition coefficient (Wildman–Crippen LogP) is 4.84. The van der Waals surface area contributed by atoms with Gasteiger partial charge in [0.15, 0.2) is 0 Å². The van der Waals surface area contributed by atoms with Gasteiger partial charge in [0.25, 0.3) is 0 Å². The third kappa shape index (κ3) is 3.22. The predicted molar refractivity (Wildman–Crippen MR) is 131 cm³/mol. The summed E-state index contributed by atoms with van der Waals surface area (Å²) in [5, 5.41) is 10.6. The lowest BCUT2D eigenvalue weighted by Crippen LogP contribution is -2.42. The molecule has 2 aliphatic heterocycles. The number of nitrogens with zero attached hydrogens (tertiary/aromatic N) is 1. The van der Waals surface area contributed by atoms with E-state index in [1.54, 1.807) is 23.9 Å². The van der Waals surface area contributed by atoms with Gasteiger partial charge in [-0.25, -0.2) is 0 Å². The van der Waals surface area contributed by atoms with E-state index in [0.29, 0.717) is 6.42 Å². The van der Waals surface area contributed by atoms with Crippen molar-refractivity contribution in [2.24, 2.45) is 29.6 Å². The maximum absolute atomic E-state index is 13.7. The minimum Gasteiger partial charge on any atom is -0.508 e. The number of amides is 2. The molecule has 11 heteroatoms. The normalized spacial score (nSPS) is 32.0. The Bertz CT molecular complexity index is 1510. The Kier molecular flexibility index (Phi) is 4.83. The summed E-state index contributed by atoms with van der Waals surface area (Å²) in [5.41, 5.74) is -0.0383. The Balaban J connectivity index is 1.30. The monoisotopic (exact) mass is 544 g/mol. The summed E-state index contributed by atoms with van der Waals surface area (Å²) in [7, 11) is 0. The van der Waals surface area contributed by atoms with Gasteiger partial charge in [-0.15, -0.1) is 11.8 Å². The number of hydrogen-bond donors (Lipinski definition) is 2. The number of aromatic amines is 1. The molecule has 3 aromatic rings. The van der Waals surface area contributed by atoms with Crippen molar-refractivity contribution in [3.8, 4) is 5.75 Å². The molecule has 7 atom stereocenters. The third-order valence-corrected chi connectivity index (χ3v) is 11.0. The number of hydrogen-bond acceptors (Lipinski definition) is 6. The first kappa shape index (κ1) is 23.1. The zero-order chi connectivity index (χ0) is 25.8. The highest BCUT2D eigenvalue weighted by Crippen LogP contribution is 2.68. The number of alkyl halides is 3. The Morgan fingerprint density at radius 2 is 1.68 bits per heavy atom. The summed E-state index contributed by atoms with van der Waals surface area (Å²) in [6.45, 7) is 0. The highest BCUT2D eigenvalue weighted by molar-refractivity contribution is 8.00. The molecule has 2 aliphatic carbocycles. The van der Waals surface area contributed by atoms with Crippen molar-refractivity contribution in [3.63, 3.8) is 0 Å². The lowest BCUT2D eigenvalue weighted by Gasteiger charge is -2.43. The van der Waals surface area contributed by atoms with Crippen molar-refractivity contribution in [3.05, 3.63) is 74.2 Å². The molecule has 7 rings (SSSR count). The standard InChI is InChI=1S/C26H19F3N2O4S2/c27-26(28,29)11-2-1-3-12(8-11)31-23(33)18-14-9-15(19(18)24(31)34)20-17(14)16(10-4-6-13(32)7-5-10)21-22(36-20)30-25(35)37-21/h1-8,14-20,32H,9H2,(H,30,35)/t14-,15-,16+,17-,18+,19-,20+/m1/s1. The summed E-state index contributed by atoms with van der Waals surface area (Å²) < 4.78 is 40.0. The Labute approximate surface area is 216 Å². The highest BCUT2D eigenvalue weighted by atomic mass is 32.2. The number of thioether (sulfide) groups is 1. The van der Waals surface area contributed by atoms with Gasteiger partial charge in [-0.2, -0.15) is 13.2 Å². The number of phenols is 1. The maximum Gasteiger partial charge on any atom is 0.416 e. The van der Waals surface area contributed by atoms with Gasteiger partial charge in [0, 0.05) is 16.0 Å². The third-order valence-electron chi connectivity index (χ3n) is 8.41. The number of H-pyrrole nitrogens is 1. The van der Waals surface area contributed by atoms with Crippen molar-refractivity contribution < 1.29 is 27.9 Å². The van der Waals surface area contributed by atoms with Gasteiger partial charge in [-0.05, 0) is 60.1 Å². The largest absolute Gasteiger partial charge is 0.508 e. The molecule has 2 bridgehead atoms. The van der Waals surface area contributed by atoms with E-state index in [9.17, 15) is 32.7 Å². The van der Waals surface area contributed by atoms with Crippen molar-refractivity contribution in [1.29, 1.82) is 0 Å². The van der Waals surface area contributed by atoms with E-state index in [-0.39, 0.29) is 45.2 Å². The van der Waals surface area contributed by atoms with Crippen LogP contribution in [-0.2, 0) is 15.8 Å². The maximum atomic E-state index is 13.7. The average Bonchev–Trinajstić information content (AvgIpc) is 3.58. The van der Waals surface area contributed by atoms with Crippen molar-refractivity contribution in [2.75, 3.05) is 4.90 Å². The number of benzene rings is 2. The van der Waals surface area contributed by atoms with Crippen molar-refractivity contribution in [2.45, 2.75) is 28.8 Å². The molecule has 2 aromatic carbocycles. The number of thiazole rings is 1. The Morgan fingerprint density at radius 1 is 0.973 bits per heavy atom. The highest BCUT2D eigenvalue weighted by Gasteiger charge is 2.69. The average molecular weight is 545 g/mol. The zero-order valence-corrected chi connectivity index (χ0v) is 20.6. The number of anilines is 1. The van der Waals surface area contributed by atoms with Crippen LogP contribution < -0.4 is 9.77 Å². The summed E-state index contributed by atoms with van der Waals surface area (Å²) >= 11 is 2.68. The first-order chi connectivity index (χ1) is 17.6. The van der Waals surface area contributed by atoms with Gasteiger partial charge in [0.05, 0.1) is 28.1 Å². The van der Waals surface area contributed by atoms with Gasteiger partial charge in [-0.3, -0.25) is 19.3 Å². The van der Waals surface area contributed by atoms with Crippen LogP contribution in [0.15, 0.2) is 58.4 Å². The molecule has 3 fully saturated rings. The van der Waals surface area contributed by atoms with Crippen LogP contribution >= 0.6 is 23.1 Å². The van der Waals surface area contributed by atoms with E-state index in [4.69, 9.17) is 0 Å². The van der Waals surface area contributed by atoms with Crippen molar-refractivity contribution in [1.82, 2.24) is 4.98 Å². The molecule has 0 unspecified atom stereocenters. The van der Waals surface area contributed by atoms with E-state index in [2.05, 4.69) is 4.98 Å². The van der Waals surface area contributed by atoms with E-state index in [1.165, 1.54) is 12.1 Å². The quantitative estimate of drug-likeness (QED) is 0.451. The van der Waals surface area contributed by atoms with Crippen molar-refractivity contribution >= 4 is 40.6 Å². The van der Waals surface area contributed by atoms with Gasteiger partial charge in [0.2, 0.25) is 11.8 Å². The summed E-state index contributed by atoms with van der Waals surface area (Å²) in [6.07, 6.45) is -3.91. The number of nitrogens with one attached hydrogen (secondary N) is 1. The first-order valence-corrected chi connectivity index (χ1v) is 13.6. The minimum absolute atomic E-state index is 0.0268. The fourth-order valence-corrected chi connectivity index (χ4v) is 10.0. The lowest BCUT2D eigenvalue weighted by molar-refractivity contribution is -0.137. The molecule has 190 valence electrons. The number of fused-ring (bicyclic) bond motifs is 9. The summed E-state index contributed by atoms with van der Waals surface area (Å²) in [5.74, 6) is -2.45.